The van der Waals surface area contributed by atoms with E-state index >= 15 is 0 Å². The van der Waals surface area contributed by atoms with Gasteiger partial charge in [0.1, 0.15) is 5.82 Å². The average Bonchev–Trinajstić information content (AvgIpc) is 2.89. The van der Waals surface area contributed by atoms with Gasteiger partial charge in [-0.25, -0.2) is 4.98 Å². The average molecular weight is 231 g/mol. The molecule has 1 aromatic carbocycles. The van der Waals surface area contributed by atoms with Crippen LogP contribution in [0.1, 0.15) is 11.4 Å². The fourth-order valence-electron chi connectivity index (χ4n) is 1.74. The number of aromatic nitrogens is 2. The third-order valence-corrected chi connectivity index (χ3v) is 2.66. The van der Waals surface area contributed by atoms with Gasteiger partial charge in [-0.2, -0.15) is 0 Å². The number of nitrogens with one attached hydrogen (secondary N) is 2. The lowest BCUT2D eigenvalue weighted by Crippen LogP contribution is -2.34. The number of aromatic amines is 1. The highest BCUT2D eigenvalue weighted by Gasteiger charge is 2.08. The maximum atomic E-state index is 9.32. The van der Waals surface area contributed by atoms with Crippen LogP contribution in [-0.4, -0.2) is 27.7 Å². The van der Waals surface area contributed by atoms with Gasteiger partial charge in [0.05, 0.1) is 13.2 Å². The van der Waals surface area contributed by atoms with Crippen molar-refractivity contribution in [3.05, 3.63) is 54.1 Å². The maximum Gasteiger partial charge on any atom is 0.120 e. The number of aliphatic hydroxyl groups is 1. The summed E-state index contributed by atoms with van der Waals surface area (Å²) >= 11 is 0. The van der Waals surface area contributed by atoms with Crippen molar-refractivity contribution in [2.45, 2.75) is 19.0 Å². The third-order valence-electron chi connectivity index (χ3n) is 2.66. The van der Waals surface area contributed by atoms with Crippen LogP contribution < -0.4 is 5.32 Å². The quantitative estimate of drug-likeness (QED) is 0.697. The van der Waals surface area contributed by atoms with Crippen molar-refractivity contribution in [1.82, 2.24) is 15.3 Å². The Kier molecular flexibility index (Phi) is 4.30. The molecule has 0 amide bonds. The summed E-state index contributed by atoms with van der Waals surface area (Å²) in [6.07, 6.45) is 4.34. The van der Waals surface area contributed by atoms with Crippen LogP contribution in [0.2, 0.25) is 0 Å². The smallest absolute Gasteiger partial charge is 0.120 e. The van der Waals surface area contributed by atoms with Crippen LogP contribution in [-0.2, 0) is 13.0 Å². The van der Waals surface area contributed by atoms with Crippen molar-refractivity contribution in [2.24, 2.45) is 0 Å². The van der Waals surface area contributed by atoms with E-state index in [0.717, 1.165) is 12.2 Å². The fraction of sp³-hybridized carbons (Fsp3) is 0.308. The Morgan fingerprint density at radius 1 is 1.29 bits per heavy atom. The molecule has 0 fully saturated rings. The molecule has 1 atom stereocenters. The predicted molar refractivity (Wildman–Crippen MR) is 66.4 cm³/mol. The number of H-pyrrole nitrogens is 1. The van der Waals surface area contributed by atoms with Crippen molar-refractivity contribution in [2.75, 3.05) is 6.61 Å². The molecular weight excluding hydrogens is 214 g/mol. The highest BCUT2D eigenvalue weighted by Crippen LogP contribution is 2.03. The first-order valence-corrected chi connectivity index (χ1v) is 5.75. The summed E-state index contributed by atoms with van der Waals surface area (Å²) < 4.78 is 0. The number of hydrogen-bond donors (Lipinski definition) is 3. The summed E-state index contributed by atoms with van der Waals surface area (Å²) in [5.41, 5.74) is 1.22. The minimum Gasteiger partial charge on any atom is -0.395 e. The largest absolute Gasteiger partial charge is 0.395 e. The van der Waals surface area contributed by atoms with Crippen molar-refractivity contribution >= 4 is 0 Å². The van der Waals surface area contributed by atoms with Crippen molar-refractivity contribution < 1.29 is 5.11 Å². The van der Waals surface area contributed by atoms with E-state index < -0.39 is 0 Å². The second-order valence-electron chi connectivity index (χ2n) is 3.99. The van der Waals surface area contributed by atoms with Gasteiger partial charge < -0.3 is 15.4 Å². The SMILES string of the molecule is OC[C@@H](Cc1ccccc1)NCc1ncc[nH]1. The first-order chi connectivity index (χ1) is 8.38. The lowest BCUT2D eigenvalue weighted by molar-refractivity contribution is 0.240. The Balaban J connectivity index is 1.85. The molecular formula is C13H17N3O. The monoisotopic (exact) mass is 231 g/mol. The molecule has 0 bridgehead atoms. The van der Waals surface area contributed by atoms with E-state index in [2.05, 4.69) is 27.4 Å². The first-order valence-electron chi connectivity index (χ1n) is 5.75. The van der Waals surface area contributed by atoms with Gasteiger partial charge in [-0.15, -0.1) is 0 Å². The fourth-order valence-corrected chi connectivity index (χ4v) is 1.74. The van der Waals surface area contributed by atoms with Crippen LogP contribution in [0.25, 0.3) is 0 Å². The zero-order valence-electron chi connectivity index (χ0n) is 9.63. The van der Waals surface area contributed by atoms with Gasteiger partial charge in [0.15, 0.2) is 0 Å². The van der Waals surface area contributed by atoms with Gasteiger partial charge in [-0.3, -0.25) is 0 Å². The molecule has 0 saturated heterocycles. The highest BCUT2D eigenvalue weighted by atomic mass is 16.3. The second-order valence-corrected chi connectivity index (χ2v) is 3.99. The van der Waals surface area contributed by atoms with Gasteiger partial charge in [-0.05, 0) is 12.0 Å². The zero-order chi connectivity index (χ0) is 11.9. The number of aliphatic hydroxyl groups excluding tert-OH is 1. The number of hydrogen-bond acceptors (Lipinski definition) is 3. The molecule has 4 heteroatoms. The molecule has 2 aromatic rings. The van der Waals surface area contributed by atoms with Gasteiger partial charge >= 0.3 is 0 Å². The molecule has 0 aliphatic carbocycles. The molecule has 3 N–H and O–H groups in total. The van der Waals surface area contributed by atoms with E-state index in [1.165, 1.54) is 5.56 Å². The molecule has 4 nitrogen and oxygen atoms in total. The Morgan fingerprint density at radius 2 is 2.12 bits per heavy atom. The molecule has 0 aliphatic rings. The summed E-state index contributed by atoms with van der Waals surface area (Å²) in [4.78, 5) is 7.16. The van der Waals surface area contributed by atoms with Gasteiger partial charge in [0, 0.05) is 18.4 Å². The Labute approximate surface area is 101 Å². The number of imidazole rings is 1. The second kappa shape index (κ2) is 6.18. The van der Waals surface area contributed by atoms with Gasteiger partial charge in [0.2, 0.25) is 0 Å². The molecule has 1 aromatic heterocycles. The van der Waals surface area contributed by atoms with E-state index in [1.54, 1.807) is 12.4 Å². The van der Waals surface area contributed by atoms with Gasteiger partial charge in [0.25, 0.3) is 0 Å². The van der Waals surface area contributed by atoms with Crippen LogP contribution in [0.15, 0.2) is 42.7 Å². The molecule has 0 saturated carbocycles. The van der Waals surface area contributed by atoms with Crippen LogP contribution in [0, 0.1) is 0 Å². The Hall–Kier alpha value is -1.65. The van der Waals surface area contributed by atoms with Crippen molar-refractivity contribution in [3.63, 3.8) is 0 Å². The standard InChI is InChI=1S/C13H17N3O/c17-10-12(8-11-4-2-1-3-5-11)16-9-13-14-6-7-15-13/h1-7,12,16-17H,8-10H2,(H,14,15)/t12-/m1/s1. The maximum absolute atomic E-state index is 9.32. The summed E-state index contributed by atoms with van der Waals surface area (Å²) in [6, 6.07) is 10.2. The third kappa shape index (κ3) is 3.69. The molecule has 0 radical (unpaired) electrons. The lowest BCUT2D eigenvalue weighted by atomic mass is 10.1. The minimum absolute atomic E-state index is 0.0579. The van der Waals surface area contributed by atoms with Crippen LogP contribution in [0.3, 0.4) is 0 Å². The van der Waals surface area contributed by atoms with E-state index in [0.29, 0.717) is 6.54 Å². The first kappa shape index (κ1) is 11.8. The predicted octanol–water partition coefficient (Wildman–Crippen LogP) is 1.10. The highest BCUT2D eigenvalue weighted by molar-refractivity contribution is 5.15. The molecule has 2 rings (SSSR count). The van der Waals surface area contributed by atoms with Crippen LogP contribution in [0.5, 0.6) is 0 Å². The van der Waals surface area contributed by atoms with Crippen LogP contribution >= 0.6 is 0 Å². The van der Waals surface area contributed by atoms with Crippen LogP contribution in [0.4, 0.5) is 0 Å². The lowest BCUT2D eigenvalue weighted by Gasteiger charge is -2.15. The number of rotatable bonds is 6. The van der Waals surface area contributed by atoms with E-state index in [9.17, 15) is 5.11 Å². The summed E-state index contributed by atoms with van der Waals surface area (Å²) in [7, 11) is 0. The summed E-state index contributed by atoms with van der Waals surface area (Å²) in [6.45, 7) is 0.765. The molecule has 1 heterocycles. The molecule has 0 aliphatic heterocycles. The number of nitrogens with zero attached hydrogens (tertiary/aromatic N) is 1. The molecule has 0 spiro atoms. The summed E-state index contributed by atoms with van der Waals surface area (Å²) in [5.74, 6) is 0.886. The van der Waals surface area contributed by atoms with Crippen molar-refractivity contribution in [3.8, 4) is 0 Å². The van der Waals surface area contributed by atoms with E-state index in [1.807, 2.05) is 18.2 Å². The van der Waals surface area contributed by atoms with Gasteiger partial charge in [-0.1, -0.05) is 30.3 Å². The zero-order valence-corrected chi connectivity index (χ0v) is 9.63. The Morgan fingerprint density at radius 3 is 2.76 bits per heavy atom. The van der Waals surface area contributed by atoms with E-state index in [4.69, 9.17) is 0 Å². The molecule has 17 heavy (non-hydrogen) atoms. The Bertz CT molecular complexity index is 413. The topological polar surface area (TPSA) is 60.9 Å². The molecule has 0 unspecified atom stereocenters. The molecule has 90 valence electrons. The number of benzene rings is 1. The minimum atomic E-state index is 0.0579. The van der Waals surface area contributed by atoms with E-state index in [-0.39, 0.29) is 12.6 Å². The summed E-state index contributed by atoms with van der Waals surface area (Å²) in [5, 5.41) is 12.6. The van der Waals surface area contributed by atoms with Crippen molar-refractivity contribution in [1.29, 1.82) is 0 Å². The normalized spacial score (nSPS) is 12.5.